The van der Waals surface area contributed by atoms with E-state index in [0.29, 0.717) is 0 Å². The zero-order valence-electron chi connectivity index (χ0n) is 14.8. The summed E-state index contributed by atoms with van der Waals surface area (Å²) >= 11 is 1.58. The van der Waals surface area contributed by atoms with Gasteiger partial charge in [-0.2, -0.15) is 4.68 Å². The number of carbonyl (C=O) groups excluding carboxylic acids is 1. The molecule has 6 heteroatoms. The van der Waals surface area contributed by atoms with Crippen molar-refractivity contribution in [3.05, 3.63) is 41.2 Å². The summed E-state index contributed by atoms with van der Waals surface area (Å²) in [6, 6.07) is 8.72. The molecule has 0 spiro atoms. The summed E-state index contributed by atoms with van der Waals surface area (Å²) in [4.78, 5) is 20.1. The second-order valence-electron chi connectivity index (χ2n) is 6.90. The van der Waals surface area contributed by atoms with Crippen LogP contribution in [0.25, 0.3) is 0 Å². The predicted molar refractivity (Wildman–Crippen MR) is 99.0 cm³/mol. The summed E-state index contributed by atoms with van der Waals surface area (Å²) in [6.07, 6.45) is 4.45. The molecule has 0 bridgehead atoms. The fraction of sp³-hybridized carbons (Fsp3) is 0.526. The Bertz CT molecular complexity index is 764. The van der Waals surface area contributed by atoms with E-state index in [9.17, 15) is 4.79 Å². The minimum atomic E-state index is -0.165. The Balaban J connectivity index is 1.67. The summed E-state index contributed by atoms with van der Waals surface area (Å²) < 4.78 is 1.53. The summed E-state index contributed by atoms with van der Waals surface area (Å²) in [6.45, 7) is 6.22. The van der Waals surface area contributed by atoms with Crippen LogP contribution in [0.5, 0.6) is 0 Å². The average molecular weight is 356 g/mol. The Kier molecular flexibility index (Phi) is 4.65. The lowest BCUT2D eigenvalue weighted by Gasteiger charge is -2.37. The molecule has 0 radical (unpaired) electrons. The smallest absolute Gasteiger partial charge is 0.264 e. The van der Waals surface area contributed by atoms with Gasteiger partial charge in [0.2, 0.25) is 0 Å². The van der Waals surface area contributed by atoms with Crippen LogP contribution in [0.1, 0.15) is 54.0 Å². The van der Waals surface area contributed by atoms with Gasteiger partial charge in [-0.05, 0) is 38.4 Å². The van der Waals surface area contributed by atoms with Gasteiger partial charge < -0.3 is 0 Å². The molecule has 132 valence electrons. The molecule has 2 unspecified atom stereocenters. The molecule has 2 atom stereocenters. The van der Waals surface area contributed by atoms with Gasteiger partial charge in [-0.1, -0.05) is 54.9 Å². The number of hydrogen-bond donors (Lipinski definition) is 0. The van der Waals surface area contributed by atoms with Crippen LogP contribution in [0.4, 0.5) is 0 Å². The molecule has 2 aromatic rings. The number of aryl methyl sites for hydroxylation is 2. The number of aromatic nitrogens is 3. The highest BCUT2D eigenvalue weighted by Crippen LogP contribution is 2.41. The molecule has 25 heavy (non-hydrogen) atoms. The number of hydrogen-bond acceptors (Lipinski definition) is 5. The lowest BCUT2D eigenvalue weighted by molar-refractivity contribution is 0.0818. The van der Waals surface area contributed by atoms with Crippen molar-refractivity contribution < 1.29 is 4.79 Å². The molecule has 0 aliphatic carbocycles. The minimum absolute atomic E-state index is 0.0725. The first-order valence-electron chi connectivity index (χ1n) is 9.15. The van der Waals surface area contributed by atoms with Crippen LogP contribution in [0.3, 0.4) is 0 Å². The van der Waals surface area contributed by atoms with E-state index >= 15 is 0 Å². The Morgan fingerprint density at radius 3 is 2.56 bits per heavy atom. The summed E-state index contributed by atoms with van der Waals surface area (Å²) in [5.74, 6) is 0.822. The second-order valence-corrected chi connectivity index (χ2v) is 8.01. The molecule has 0 amide bonds. The normalized spacial score (nSPS) is 22.2. The van der Waals surface area contributed by atoms with Gasteiger partial charge >= 0.3 is 0 Å². The second kappa shape index (κ2) is 6.92. The highest BCUT2D eigenvalue weighted by molar-refractivity contribution is 8.00. The van der Waals surface area contributed by atoms with Crippen LogP contribution in [0.2, 0.25) is 0 Å². The van der Waals surface area contributed by atoms with E-state index in [4.69, 9.17) is 0 Å². The lowest BCUT2D eigenvalue weighted by Crippen LogP contribution is -2.41. The third kappa shape index (κ3) is 3.13. The van der Waals surface area contributed by atoms with Crippen molar-refractivity contribution in [2.45, 2.75) is 56.0 Å². The van der Waals surface area contributed by atoms with Crippen molar-refractivity contribution in [3.8, 4) is 0 Å². The molecule has 0 N–H and O–H groups in total. The van der Waals surface area contributed by atoms with E-state index in [2.05, 4.69) is 46.2 Å². The van der Waals surface area contributed by atoms with Crippen LogP contribution in [-0.4, -0.2) is 43.9 Å². The molecule has 1 aromatic heterocycles. The molecule has 5 nitrogen and oxygen atoms in total. The van der Waals surface area contributed by atoms with Crippen LogP contribution in [0, 0.1) is 6.92 Å². The quantitative estimate of drug-likeness (QED) is 0.839. The molecular weight excluding hydrogens is 332 g/mol. The van der Waals surface area contributed by atoms with Gasteiger partial charge in [0.1, 0.15) is 5.25 Å². The maximum absolute atomic E-state index is 13.1. The number of carbonyl (C=O) groups is 1. The Morgan fingerprint density at radius 2 is 1.92 bits per heavy atom. The number of likely N-dealkylation sites (tertiary alicyclic amines) is 1. The van der Waals surface area contributed by atoms with Crippen molar-refractivity contribution in [1.29, 1.82) is 0 Å². The van der Waals surface area contributed by atoms with Crippen LogP contribution >= 0.6 is 11.8 Å². The van der Waals surface area contributed by atoms with E-state index in [1.54, 1.807) is 11.8 Å². The molecule has 1 aromatic carbocycles. The molecule has 1 fully saturated rings. The van der Waals surface area contributed by atoms with Crippen molar-refractivity contribution in [2.24, 2.45) is 0 Å². The highest BCUT2D eigenvalue weighted by Gasteiger charge is 2.43. The van der Waals surface area contributed by atoms with Gasteiger partial charge in [-0.3, -0.25) is 9.69 Å². The van der Waals surface area contributed by atoms with Gasteiger partial charge in [0, 0.05) is 6.42 Å². The standard InChI is InChI=1S/C19H24N4OS/c1-3-15-20-19-23(21-15)18(24)17(25-19)16(22-11-5-4-6-12-22)14-9-7-13(2)8-10-14/h7-10,16-17H,3-6,11-12H2,1-2H3. The van der Waals surface area contributed by atoms with E-state index in [-0.39, 0.29) is 17.2 Å². The largest absolute Gasteiger partial charge is 0.295 e. The monoisotopic (exact) mass is 356 g/mol. The third-order valence-electron chi connectivity index (χ3n) is 5.11. The number of rotatable bonds is 4. The summed E-state index contributed by atoms with van der Waals surface area (Å²) in [5, 5.41) is 4.98. The maximum Gasteiger partial charge on any atom is 0.264 e. The number of piperidine rings is 1. The number of benzene rings is 1. The Hall–Kier alpha value is -1.66. The fourth-order valence-electron chi connectivity index (χ4n) is 3.73. The zero-order valence-corrected chi connectivity index (χ0v) is 15.6. The highest BCUT2D eigenvalue weighted by atomic mass is 32.2. The first-order valence-corrected chi connectivity index (χ1v) is 10.0. The predicted octanol–water partition coefficient (Wildman–Crippen LogP) is 3.49. The molecular formula is C19H24N4OS. The summed E-state index contributed by atoms with van der Waals surface area (Å²) in [7, 11) is 0. The molecule has 1 saturated heterocycles. The molecule has 3 heterocycles. The van der Waals surface area contributed by atoms with Gasteiger partial charge in [0.25, 0.3) is 5.91 Å². The number of fused-ring (bicyclic) bond motifs is 1. The average Bonchev–Trinajstić information content (AvgIpc) is 3.18. The fourth-order valence-corrected chi connectivity index (χ4v) is 5.00. The molecule has 2 aliphatic rings. The van der Waals surface area contributed by atoms with Gasteiger partial charge in [-0.15, -0.1) is 5.10 Å². The minimum Gasteiger partial charge on any atom is -0.295 e. The Labute approximate surface area is 152 Å². The molecule has 4 rings (SSSR count). The van der Waals surface area contributed by atoms with E-state index in [1.807, 2.05) is 6.92 Å². The van der Waals surface area contributed by atoms with E-state index in [0.717, 1.165) is 30.5 Å². The van der Waals surface area contributed by atoms with Gasteiger partial charge in [0.15, 0.2) is 11.0 Å². The SMILES string of the molecule is CCc1nc2n(n1)C(=O)C(C(c1ccc(C)cc1)N1CCCCC1)S2. The first kappa shape index (κ1) is 16.8. The van der Waals surface area contributed by atoms with Gasteiger partial charge in [0.05, 0.1) is 6.04 Å². The van der Waals surface area contributed by atoms with Gasteiger partial charge in [-0.25, -0.2) is 4.98 Å². The van der Waals surface area contributed by atoms with Crippen LogP contribution in [0.15, 0.2) is 29.4 Å². The topological polar surface area (TPSA) is 51.0 Å². The molecule has 2 aliphatic heterocycles. The Morgan fingerprint density at radius 1 is 1.20 bits per heavy atom. The lowest BCUT2D eigenvalue weighted by atomic mass is 9.97. The van der Waals surface area contributed by atoms with E-state index < -0.39 is 0 Å². The number of nitrogens with zero attached hydrogens (tertiary/aromatic N) is 4. The van der Waals surface area contributed by atoms with Crippen LogP contribution < -0.4 is 0 Å². The maximum atomic E-state index is 13.1. The van der Waals surface area contributed by atoms with Crippen LogP contribution in [-0.2, 0) is 6.42 Å². The zero-order chi connectivity index (χ0) is 17.4. The van der Waals surface area contributed by atoms with Crippen molar-refractivity contribution in [1.82, 2.24) is 19.7 Å². The van der Waals surface area contributed by atoms with Crippen molar-refractivity contribution in [2.75, 3.05) is 13.1 Å². The third-order valence-corrected chi connectivity index (χ3v) is 6.30. The first-order chi connectivity index (χ1) is 12.2. The molecule has 0 saturated carbocycles. The van der Waals surface area contributed by atoms with Crippen molar-refractivity contribution >= 4 is 17.7 Å². The van der Waals surface area contributed by atoms with Crippen molar-refractivity contribution in [3.63, 3.8) is 0 Å². The number of thioether (sulfide) groups is 1. The summed E-state index contributed by atoms with van der Waals surface area (Å²) in [5.41, 5.74) is 2.47. The van der Waals surface area contributed by atoms with E-state index in [1.165, 1.54) is 35.1 Å².